The molecule has 4 heteroatoms. The number of carbonyl (C=O) groups excluding carboxylic acids is 1. The minimum atomic E-state index is -0.317. The number of aryl methyl sites for hydroxylation is 1. The molecule has 1 heterocycles. The molecule has 0 amide bonds. The number of methoxy groups -OCH3 is 1. The Hall–Kier alpha value is -1.61. The summed E-state index contributed by atoms with van der Waals surface area (Å²) in [5.74, 6) is 2.40. The molecule has 4 nitrogen and oxygen atoms in total. The first-order chi connectivity index (χ1) is 11.4. The predicted octanol–water partition coefficient (Wildman–Crippen LogP) is 3.79. The molecule has 0 radical (unpaired) electrons. The Balaban J connectivity index is 1.95. The fraction of sp³-hybridized carbons (Fsp3) is 0.600. The SMILES string of the molecule is COC(CCc1ccccc1)C1CCN(OC(C)(C)C)C(=C=O)C1. The zero-order valence-electron chi connectivity index (χ0n) is 15.2. The molecule has 0 aliphatic carbocycles. The van der Waals surface area contributed by atoms with E-state index >= 15 is 0 Å². The van der Waals surface area contributed by atoms with Crippen LogP contribution in [0.5, 0.6) is 0 Å². The molecule has 1 aliphatic rings. The van der Waals surface area contributed by atoms with Crippen molar-refractivity contribution in [3.05, 3.63) is 41.6 Å². The number of rotatable bonds is 6. The third-order valence-electron chi connectivity index (χ3n) is 4.35. The Kier molecular flexibility index (Phi) is 6.61. The maximum Gasteiger partial charge on any atom is 0.148 e. The molecule has 0 aromatic heterocycles. The third kappa shape index (κ3) is 5.48. The van der Waals surface area contributed by atoms with Gasteiger partial charge in [0.25, 0.3) is 0 Å². The quantitative estimate of drug-likeness (QED) is 0.744. The molecular formula is C20H29NO3. The van der Waals surface area contributed by atoms with Gasteiger partial charge in [0, 0.05) is 20.1 Å². The highest BCUT2D eigenvalue weighted by Gasteiger charge is 2.32. The second-order valence-electron chi connectivity index (χ2n) is 7.41. The molecule has 2 unspecified atom stereocenters. The fourth-order valence-corrected chi connectivity index (χ4v) is 3.21. The summed E-state index contributed by atoms with van der Waals surface area (Å²) in [6.07, 6.45) is 3.70. The van der Waals surface area contributed by atoms with Crippen LogP contribution in [-0.2, 0) is 20.8 Å². The summed E-state index contributed by atoms with van der Waals surface area (Å²) in [4.78, 5) is 17.2. The predicted molar refractivity (Wildman–Crippen MR) is 95.0 cm³/mol. The molecule has 1 aliphatic heterocycles. The van der Waals surface area contributed by atoms with E-state index in [1.807, 2.05) is 26.8 Å². The molecule has 1 aromatic carbocycles. The van der Waals surface area contributed by atoms with E-state index < -0.39 is 0 Å². The molecule has 132 valence electrons. The summed E-state index contributed by atoms with van der Waals surface area (Å²) in [6, 6.07) is 10.4. The lowest BCUT2D eigenvalue weighted by atomic mass is 9.87. The molecule has 1 aromatic rings. The molecule has 0 N–H and O–H groups in total. The van der Waals surface area contributed by atoms with Gasteiger partial charge in [-0.3, -0.25) is 4.84 Å². The smallest absolute Gasteiger partial charge is 0.148 e. The summed E-state index contributed by atoms with van der Waals surface area (Å²) in [5, 5.41) is 1.72. The van der Waals surface area contributed by atoms with Crippen LogP contribution >= 0.6 is 0 Å². The number of hydroxylamine groups is 2. The highest BCUT2D eigenvalue weighted by molar-refractivity contribution is 5.51. The van der Waals surface area contributed by atoms with Crippen LogP contribution in [0.4, 0.5) is 0 Å². The van der Waals surface area contributed by atoms with E-state index in [-0.39, 0.29) is 11.7 Å². The average molecular weight is 331 g/mol. The largest absolute Gasteiger partial charge is 0.381 e. The summed E-state index contributed by atoms with van der Waals surface area (Å²) in [5.41, 5.74) is 1.60. The third-order valence-corrected chi connectivity index (χ3v) is 4.35. The topological polar surface area (TPSA) is 38.8 Å². The minimum Gasteiger partial charge on any atom is -0.381 e. The Morgan fingerprint density at radius 3 is 2.58 bits per heavy atom. The van der Waals surface area contributed by atoms with Crippen LogP contribution in [0.25, 0.3) is 0 Å². The second kappa shape index (κ2) is 8.48. The normalized spacial score (nSPS) is 19.9. The fourth-order valence-electron chi connectivity index (χ4n) is 3.21. The van der Waals surface area contributed by atoms with Crippen LogP contribution in [0.1, 0.15) is 45.6 Å². The van der Waals surface area contributed by atoms with Crippen molar-refractivity contribution in [2.45, 2.75) is 58.2 Å². The Morgan fingerprint density at radius 1 is 1.29 bits per heavy atom. The van der Waals surface area contributed by atoms with Gasteiger partial charge >= 0.3 is 0 Å². The lowest BCUT2D eigenvalue weighted by Crippen LogP contribution is -2.41. The number of ether oxygens (including phenoxy) is 1. The minimum absolute atomic E-state index is 0.144. The Labute approximate surface area is 145 Å². The highest BCUT2D eigenvalue weighted by atomic mass is 16.7. The molecule has 0 bridgehead atoms. The first-order valence-electron chi connectivity index (χ1n) is 8.70. The van der Waals surface area contributed by atoms with Crippen LogP contribution in [0, 0.1) is 5.92 Å². The van der Waals surface area contributed by atoms with Crippen molar-refractivity contribution >= 4 is 5.94 Å². The van der Waals surface area contributed by atoms with E-state index in [0.717, 1.165) is 19.3 Å². The summed E-state index contributed by atoms with van der Waals surface area (Å²) in [6.45, 7) is 6.66. The number of allylic oxidation sites excluding steroid dienone is 1. The van der Waals surface area contributed by atoms with Crippen molar-refractivity contribution in [1.82, 2.24) is 5.06 Å². The number of hydrogen-bond donors (Lipinski definition) is 0. The van der Waals surface area contributed by atoms with Gasteiger partial charge in [-0.2, -0.15) is 0 Å². The zero-order chi connectivity index (χ0) is 17.6. The van der Waals surface area contributed by atoms with Crippen LogP contribution in [0.2, 0.25) is 0 Å². The Bertz CT molecular complexity index is 558. The van der Waals surface area contributed by atoms with Gasteiger partial charge in [-0.15, -0.1) is 0 Å². The van der Waals surface area contributed by atoms with Gasteiger partial charge in [0.15, 0.2) is 0 Å². The van der Waals surface area contributed by atoms with Crippen molar-refractivity contribution < 1.29 is 14.4 Å². The maximum absolute atomic E-state index is 11.4. The zero-order valence-corrected chi connectivity index (χ0v) is 15.2. The monoisotopic (exact) mass is 331 g/mol. The Morgan fingerprint density at radius 2 is 2.00 bits per heavy atom. The molecular weight excluding hydrogens is 302 g/mol. The first-order valence-corrected chi connectivity index (χ1v) is 8.70. The van der Waals surface area contributed by atoms with Crippen LogP contribution < -0.4 is 0 Å². The standard InChI is InChI=1S/C20H29NO3/c1-20(2,3)24-21-13-12-17(14-18(21)15-22)19(23-4)11-10-16-8-6-5-7-9-16/h5-9,17,19H,10-14H2,1-4H3. The average Bonchev–Trinajstić information content (AvgIpc) is 2.56. The van der Waals surface area contributed by atoms with Gasteiger partial charge in [-0.1, -0.05) is 30.3 Å². The molecule has 1 saturated heterocycles. The molecule has 0 spiro atoms. The molecule has 2 atom stereocenters. The lowest BCUT2D eigenvalue weighted by Gasteiger charge is -2.39. The van der Waals surface area contributed by atoms with Crippen molar-refractivity contribution in [2.24, 2.45) is 5.92 Å². The van der Waals surface area contributed by atoms with Gasteiger partial charge in [-0.25, -0.2) is 9.86 Å². The van der Waals surface area contributed by atoms with Gasteiger partial charge in [0.05, 0.1) is 11.7 Å². The number of nitrogens with zero attached hydrogens (tertiary/aromatic N) is 1. The van der Waals surface area contributed by atoms with E-state index in [0.29, 0.717) is 24.6 Å². The second-order valence-corrected chi connectivity index (χ2v) is 7.41. The van der Waals surface area contributed by atoms with E-state index in [4.69, 9.17) is 9.57 Å². The van der Waals surface area contributed by atoms with E-state index in [1.165, 1.54) is 5.56 Å². The van der Waals surface area contributed by atoms with Crippen LogP contribution in [0.15, 0.2) is 36.0 Å². The molecule has 24 heavy (non-hydrogen) atoms. The lowest BCUT2D eigenvalue weighted by molar-refractivity contribution is -0.218. The summed E-state index contributed by atoms with van der Waals surface area (Å²) in [7, 11) is 1.76. The van der Waals surface area contributed by atoms with Crippen molar-refractivity contribution in [1.29, 1.82) is 0 Å². The summed E-state index contributed by atoms with van der Waals surface area (Å²) >= 11 is 0. The van der Waals surface area contributed by atoms with Crippen molar-refractivity contribution in [3.63, 3.8) is 0 Å². The molecule has 2 rings (SSSR count). The van der Waals surface area contributed by atoms with Crippen molar-refractivity contribution in [2.75, 3.05) is 13.7 Å². The van der Waals surface area contributed by atoms with Crippen LogP contribution in [-0.4, -0.2) is 36.4 Å². The number of hydrogen-bond acceptors (Lipinski definition) is 4. The summed E-state index contributed by atoms with van der Waals surface area (Å²) < 4.78 is 5.74. The van der Waals surface area contributed by atoms with E-state index in [2.05, 4.69) is 30.2 Å². The van der Waals surface area contributed by atoms with E-state index in [9.17, 15) is 4.79 Å². The van der Waals surface area contributed by atoms with Crippen molar-refractivity contribution in [3.8, 4) is 0 Å². The molecule has 1 fully saturated rings. The number of benzene rings is 1. The first kappa shape index (κ1) is 18.7. The van der Waals surface area contributed by atoms with E-state index in [1.54, 1.807) is 12.2 Å². The van der Waals surface area contributed by atoms with Gasteiger partial charge in [0.2, 0.25) is 0 Å². The molecule has 0 saturated carbocycles. The maximum atomic E-state index is 11.4. The van der Waals surface area contributed by atoms with Gasteiger partial charge in [-0.05, 0) is 51.5 Å². The van der Waals surface area contributed by atoms with Crippen LogP contribution in [0.3, 0.4) is 0 Å². The highest BCUT2D eigenvalue weighted by Crippen LogP contribution is 2.31. The van der Waals surface area contributed by atoms with Gasteiger partial charge < -0.3 is 4.74 Å². The van der Waals surface area contributed by atoms with Gasteiger partial charge in [0.1, 0.15) is 11.6 Å². The number of piperidine rings is 1.